The molecule has 3 nitrogen and oxygen atoms in total. The predicted octanol–water partition coefficient (Wildman–Crippen LogP) is 1.83. The quantitative estimate of drug-likeness (QED) is 0.626. The van der Waals surface area contributed by atoms with Gasteiger partial charge in [-0.15, -0.1) is 0 Å². The summed E-state index contributed by atoms with van der Waals surface area (Å²) < 4.78 is 0. The van der Waals surface area contributed by atoms with Crippen LogP contribution in [0.1, 0.15) is 6.42 Å². The van der Waals surface area contributed by atoms with E-state index in [2.05, 4.69) is 17.5 Å². The fourth-order valence-electron chi connectivity index (χ4n) is 2.09. The number of rotatable bonds is 0. The molecule has 15 heavy (non-hydrogen) atoms. The van der Waals surface area contributed by atoms with Crippen molar-refractivity contribution in [1.29, 1.82) is 0 Å². The van der Waals surface area contributed by atoms with Crippen molar-refractivity contribution in [2.75, 3.05) is 0 Å². The lowest BCUT2D eigenvalue weighted by Gasteiger charge is -2.30. The van der Waals surface area contributed by atoms with Crippen molar-refractivity contribution in [2.45, 2.75) is 12.5 Å². The zero-order valence-corrected chi connectivity index (χ0v) is 8.22. The molecule has 3 rings (SSSR count). The van der Waals surface area contributed by atoms with Crippen LogP contribution >= 0.6 is 0 Å². The monoisotopic (exact) mass is 200 g/mol. The molecule has 2 heterocycles. The molecule has 1 atom stereocenters. The second kappa shape index (κ2) is 3.14. The standard InChI is InChI=1S/C12H12N2O/c15-14-6-2-4-10-7-9-3-1-5-13-11(9)8-12(10)14/h1-3,5-8,11,13,15H,4H2. The van der Waals surface area contributed by atoms with Gasteiger partial charge in [0.1, 0.15) is 0 Å². The van der Waals surface area contributed by atoms with Crippen molar-refractivity contribution in [3.05, 3.63) is 59.6 Å². The molecule has 2 N–H and O–H groups in total. The third kappa shape index (κ3) is 1.32. The van der Waals surface area contributed by atoms with Crippen LogP contribution < -0.4 is 5.32 Å². The second-order valence-electron chi connectivity index (χ2n) is 3.83. The molecule has 0 fully saturated rings. The summed E-state index contributed by atoms with van der Waals surface area (Å²) >= 11 is 0. The third-order valence-corrected chi connectivity index (χ3v) is 2.85. The highest BCUT2D eigenvalue weighted by atomic mass is 16.5. The summed E-state index contributed by atoms with van der Waals surface area (Å²) in [5.41, 5.74) is 3.31. The first-order valence-corrected chi connectivity index (χ1v) is 5.05. The maximum absolute atomic E-state index is 9.67. The van der Waals surface area contributed by atoms with E-state index in [0.717, 1.165) is 12.1 Å². The highest BCUT2D eigenvalue weighted by Gasteiger charge is 2.23. The molecule has 3 aliphatic rings. The van der Waals surface area contributed by atoms with Crippen LogP contribution in [0.5, 0.6) is 0 Å². The molecule has 1 aliphatic carbocycles. The number of hydrogen-bond acceptors (Lipinski definition) is 3. The molecular formula is C12H12N2O. The molecule has 0 radical (unpaired) electrons. The second-order valence-corrected chi connectivity index (χ2v) is 3.83. The molecule has 0 aromatic carbocycles. The van der Waals surface area contributed by atoms with Gasteiger partial charge in [0.05, 0.1) is 11.7 Å². The van der Waals surface area contributed by atoms with Crippen LogP contribution in [0.15, 0.2) is 59.6 Å². The summed E-state index contributed by atoms with van der Waals surface area (Å²) in [5, 5.41) is 14.1. The zero-order chi connectivity index (χ0) is 10.3. The number of nitrogens with zero attached hydrogens (tertiary/aromatic N) is 1. The first-order chi connectivity index (χ1) is 7.34. The molecule has 0 spiro atoms. The molecular weight excluding hydrogens is 188 g/mol. The number of hydrogen-bond donors (Lipinski definition) is 2. The number of fused-ring (bicyclic) bond motifs is 2. The van der Waals surface area contributed by atoms with E-state index >= 15 is 0 Å². The van der Waals surface area contributed by atoms with Crippen molar-refractivity contribution in [3.63, 3.8) is 0 Å². The van der Waals surface area contributed by atoms with Gasteiger partial charge in [-0.2, -0.15) is 0 Å². The van der Waals surface area contributed by atoms with Gasteiger partial charge in [0.2, 0.25) is 0 Å². The van der Waals surface area contributed by atoms with Gasteiger partial charge < -0.3 is 5.32 Å². The lowest BCUT2D eigenvalue weighted by atomic mass is 9.90. The van der Waals surface area contributed by atoms with Crippen LogP contribution in [-0.2, 0) is 0 Å². The van der Waals surface area contributed by atoms with Crippen LogP contribution in [0.4, 0.5) is 0 Å². The van der Waals surface area contributed by atoms with Crippen LogP contribution in [-0.4, -0.2) is 16.3 Å². The first kappa shape index (κ1) is 8.56. The van der Waals surface area contributed by atoms with E-state index in [1.807, 2.05) is 24.4 Å². The smallest absolute Gasteiger partial charge is 0.0716 e. The molecule has 0 aromatic heterocycles. The van der Waals surface area contributed by atoms with E-state index in [0.29, 0.717) is 0 Å². The van der Waals surface area contributed by atoms with E-state index in [-0.39, 0.29) is 6.04 Å². The number of hydroxylamine groups is 2. The molecule has 76 valence electrons. The minimum Gasteiger partial charge on any atom is -0.381 e. The Labute approximate surface area is 88.3 Å². The summed E-state index contributed by atoms with van der Waals surface area (Å²) in [6, 6.07) is 0.190. The average molecular weight is 200 g/mol. The Morgan fingerprint density at radius 3 is 3.33 bits per heavy atom. The Bertz CT molecular complexity index is 441. The van der Waals surface area contributed by atoms with E-state index in [9.17, 15) is 5.21 Å². The van der Waals surface area contributed by atoms with Crippen LogP contribution in [0.3, 0.4) is 0 Å². The summed E-state index contributed by atoms with van der Waals surface area (Å²) in [4.78, 5) is 0. The lowest BCUT2D eigenvalue weighted by Crippen LogP contribution is -2.31. The fourth-order valence-corrected chi connectivity index (χ4v) is 2.09. The Balaban J connectivity index is 2.05. The van der Waals surface area contributed by atoms with Crippen LogP contribution in [0.25, 0.3) is 0 Å². The Kier molecular flexibility index (Phi) is 1.79. The minimum atomic E-state index is 0.190. The molecule has 2 aliphatic heterocycles. The van der Waals surface area contributed by atoms with Gasteiger partial charge in [-0.1, -0.05) is 18.2 Å². The van der Waals surface area contributed by atoms with Crippen molar-refractivity contribution < 1.29 is 5.21 Å². The summed E-state index contributed by atoms with van der Waals surface area (Å²) in [5.74, 6) is 0. The van der Waals surface area contributed by atoms with Gasteiger partial charge in [0.15, 0.2) is 0 Å². The highest BCUT2D eigenvalue weighted by molar-refractivity contribution is 5.50. The minimum absolute atomic E-state index is 0.190. The first-order valence-electron chi connectivity index (χ1n) is 5.05. The van der Waals surface area contributed by atoms with E-state index in [1.165, 1.54) is 16.2 Å². The van der Waals surface area contributed by atoms with Gasteiger partial charge in [0.25, 0.3) is 0 Å². The van der Waals surface area contributed by atoms with Gasteiger partial charge in [-0.05, 0) is 35.9 Å². The molecule has 3 heteroatoms. The highest BCUT2D eigenvalue weighted by Crippen LogP contribution is 2.31. The lowest BCUT2D eigenvalue weighted by molar-refractivity contribution is -0.00442. The summed E-state index contributed by atoms with van der Waals surface area (Å²) in [6.45, 7) is 0. The Morgan fingerprint density at radius 1 is 1.47 bits per heavy atom. The van der Waals surface area contributed by atoms with Crippen molar-refractivity contribution in [3.8, 4) is 0 Å². The summed E-state index contributed by atoms with van der Waals surface area (Å²) in [6.07, 6.45) is 14.7. The van der Waals surface area contributed by atoms with Gasteiger partial charge in [-0.25, -0.2) is 5.06 Å². The zero-order valence-electron chi connectivity index (χ0n) is 8.22. The van der Waals surface area contributed by atoms with E-state index < -0.39 is 0 Å². The number of nitrogens with one attached hydrogen (secondary N) is 1. The molecule has 0 saturated heterocycles. The maximum atomic E-state index is 9.67. The number of dihydropyridines is 1. The molecule has 0 saturated carbocycles. The van der Waals surface area contributed by atoms with E-state index in [4.69, 9.17) is 0 Å². The van der Waals surface area contributed by atoms with Gasteiger partial charge >= 0.3 is 0 Å². The normalized spacial score (nSPS) is 27.1. The molecule has 1 unspecified atom stereocenters. The van der Waals surface area contributed by atoms with Crippen LogP contribution in [0, 0.1) is 0 Å². The molecule has 0 amide bonds. The largest absolute Gasteiger partial charge is 0.381 e. The maximum Gasteiger partial charge on any atom is 0.0716 e. The molecule has 0 bridgehead atoms. The Hall–Kier alpha value is -1.74. The van der Waals surface area contributed by atoms with Crippen molar-refractivity contribution >= 4 is 0 Å². The van der Waals surface area contributed by atoms with E-state index in [1.54, 1.807) is 6.20 Å². The topological polar surface area (TPSA) is 35.5 Å². The van der Waals surface area contributed by atoms with Gasteiger partial charge in [0, 0.05) is 6.20 Å². The third-order valence-electron chi connectivity index (χ3n) is 2.85. The Morgan fingerprint density at radius 2 is 2.40 bits per heavy atom. The summed E-state index contributed by atoms with van der Waals surface area (Å²) in [7, 11) is 0. The molecule has 0 aromatic rings. The van der Waals surface area contributed by atoms with Crippen molar-refractivity contribution in [2.24, 2.45) is 0 Å². The number of allylic oxidation sites excluding steroid dienone is 4. The van der Waals surface area contributed by atoms with Crippen molar-refractivity contribution in [1.82, 2.24) is 10.4 Å². The SMILES string of the molecule is ON1C=CCC2=CC3=CC=CNC3C=C21. The predicted molar refractivity (Wildman–Crippen MR) is 57.7 cm³/mol. The average Bonchev–Trinajstić information content (AvgIpc) is 2.27. The van der Waals surface area contributed by atoms with Crippen LogP contribution in [0.2, 0.25) is 0 Å². The van der Waals surface area contributed by atoms with Gasteiger partial charge in [-0.3, -0.25) is 5.21 Å². The fraction of sp³-hybridized carbons (Fsp3) is 0.167.